The maximum atomic E-state index is 13.7. The van der Waals surface area contributed by atoms with Crippen molar-refractivity contribution in [3.05, 3.63) is 47.8 Å². The highest BCUT2D eigenvalue weighted by atomic mass is 19.1. The summed E-state index contributed by atoms with van der Waals surface area (Å²) < 4.78 is 27.8. The van der Waals surface area contributed by atoms with E-state index in [9.17, 15) is 13.6 Å². The molecule has 0 radical (unpaired) electrons. The number of carbonyl (C=O) groups excluding carboxylic acids is 1. The first-order valence-corrected chi connectivity index (χ1v) is 6.95. The predicted octanol–water partition coefficient (Wildman–Crippen LogP) is 2.82. The van der Waals surface area contributed by atoms with Crippen molar-refractivity contribution in [1.82, 2.24) is 15.1 Å². The third-order valence-electron chi connectivity index (χ3n) is 3.67. The summed E-state index contributed by atoms with van der Waals surface area (Å²) in [5, 5.41) is 6.97. The number of hydrogen-bond donors (Lipinski definition) is 1. The molecular formula is C15H15F2N3O. The molecule has 1 aromatic carbocycles. The molecule has 0 bridgehead atoms. The SMILES string of the molecule is O=C(NC1CCCC1)c1ccn(-c2ccc(F)cc2F)n1. The molecule has 110 valence electrons. The fraction of sp³-hybridized carbons (Fsp3) is 0.333. The van der Waals surface area contributed by atoms with Crippen molar-refractivity contribution < 1.29 is 13.6 Å². The van der Waals surface area contributed by atoms with E-state index in [1.165, 1.54) is 23.0 Å². The maximum absolute atomic E-state index is 13.7. The molecule has 1 N–H and O–H groups in total. The number of halogens is 2. The van der Waals surface area contributed by atoms with Gasteiger partial charge in [0.05, 0.1) is 0 Å². The number of nitrogens with one attached hydrogen (secondary N) is 1. The van der Waals surface area contributed by atoms with E-state index in [-0.39, 0.29) is 23.3 Å². The first kappa shape index (κ1) is 13.7. The minimum Gasteiger partial charge on any atom is -0.348 e. The fourth-order valence-corrected chi connectivity index (χ4v) is 2.58. The van der Waals surface area contributed by atoms with E-state index < -0.39 is 11.6 Å². The van der Waals surface area contributed by atoms with Gasteiger partial charge >= 0.3 is 0 Å². The van der Waals surface area contributed by atoms with Gasteiger partial charge in [-0.25, -0.2) is 13.5 Å². The van der Waals surface area contributed by atoms with Crippen molar-refractivity contribution in [3.8, 4) is 5.69 Å². The van der Waals surface area contributed by atoms with E-state index in [0.717, 1.165) is 37.8 Å². The smallest absolute Gasteiger partial charge is 0.272 e. The largest absolute Gasteiger partial charge is 0.348 e. The second-order valence-corrected chi connectivity index (χ2v) is 5.20. The Morgan fingerprint density at radius 2 is 2.00 bits per heavy atom. The number of hydrogen-bond acceptors (Lipinski definition) is 2. The molecule has 21 heavy (non-hydrogen) atoms. The van der Waals surface area contributed by atoms with Crippen LogP contribution in [0.3, 0.4) is 0 Å². The van der Waals surface area contributed by atoms with Crippen molar-refractivity contribution in [1.29, 1.82) is 0 Å². The quantitative estimate of drug-likeness (QED) is 0.945. The van der Waals surface area contributed by atoms with Crippen LogP contribution in [0, 0.1) is 11.6 Å². The molecule has 6 heteroatoms. The topological polar surface area (TPSA) is 46.9 Å². The molecule has 0 spiro atoms. The van der Waals surface area contributed by atoms with E-state index in [1.54, 1.807) is 0 Å². The van der Waals surface area contributed by atoms with Gasteiger partial charge in [-0.2, -0.15) is 5.10 Å². The first-order valence-electron chi connectivity index (χ1n) is 6.95. The van der Waals surface area contributed by atoms with Gasteiger partial charge in [-0.05, 0) is 31.0 Å². The van der Waals surface area contributed by atoms with Crippen LogP contribution in [0.2, 0.25) is 0 Å². The average Bonchev–Trinajstić information content (AvgIpc) is 3.09. The maximum Gasteiger partial charge on any atom is 0.272 e. The predicted molar refractivity (Wildman–Crippen MR) is 73.2 cm³/mol. The Bertz CT molecular complexity index is 663. The van der Waals surface area contributed by atoms with Crippen molar-refractivity contribution in [2.24, 2.45) is 0 Å². The van der Waals surface area contributed by atoms with Gasteiger partial charge in [-0.1, -0.05) is 12.8 Å². The summed E-state index contributed by atoms with van der Waals surface area (Å²) in [6.07, 6.45) is 5.71. The van der Waals surface area contributed by atoms with Crippen LogP contribution in [0.15, 0.2) is 30.5 Å². The molecule has 2 aromatic rings. The minimum absolute atomic E-state index is 0.108. The van der Waals surface area contributed by atoms with Crippen molar-refractivity contribution >= 4 is 5.91 Å². The zero-order chi connectivity index (χ0) is 14.8. The summed E-state index contributed by atoms with van der Waals surface area (Å²) in [6, 6.07) is 4.95. The fourth-order valence-electron chi connectivity index (χ4n) is 2.58. The van der Waals surface area contributed by atoms with Gasteiger partial charge in [0, 0.05) is 18.3 Å². The average molecular weight is 291 g/mol. The van der Waals surface area contributed by atoms with Gasteiger partial charge in [-0.3, -0.25) is 4.79 Å². The van der Waals surface area contributed by atoms with Crippen LogP contribution in [0.5, 0.6) is 0 Å². The summed E-state index contributed by atoms with van der Waals surface area (Å²) in [5.74, 6) is -1.63. The van der Waals surface area contributed by atoms with Crippen molar-refractivity contribution in [2.45, 2.75) is 31.7 Å². The lowest BCUT2D eigenvalue weighted by Crippen LogP contribution is -2.32. The number of aromatic nitrogens is 2. The third-order valence-corrected chi connectivity index (χ3v) is 3.67. The Kier molecular flexibility index (Phi) is 3.68. The van der Waals surface area contributed by atoms with Crippen molar-refractivity contribution in [3.63, 3.8) is 0 Å². The summed E-state index contributed by atoms with van der Waals surface area (Å²) >= 11 is 0. The highest BCUT2D eigenvalue weighted by molar-refractivity contribution is 5.92. The van der Waals surface area contributed by atoms with Gasteiger partial charge in [0.1, 0.15) is 11.5 Å². The molecule has 1 aliphatic carbocycles. The Morgan fingerprint density at radius 3 is 2.71 bits per heavy atom. The standard InChI is InChI=1S/C15H15F2N3O/c16-10-5-6-14(12(17)9-10)20-8-7-13(19-20)15(21)18-11-3-1-2-4-11/h5-9,11H,1-4H2,(H,18,21). The molecule has 0 saturated heterocycles. The molecule has 0 unspecified atom stereocenters. The molecule has 0 atom stereocenters. The first-order chi connectivity index (χ1) is 10.1. The summed E-state index contributed by atoms with van der Waals surface area (Å²) in [5.41, 5.74) is 0.335. The summed E-state index contributed by atoms with van der Waals surface area (Å²) in [4.78, 5) is 12.0. The zero-order valence-corrected chi connectivity index (χ0v) is 11.4. The van der Waals surface area contributed by atoms with Crippen LogP contribution in [0.1, 0.15) is 36.2 Å². The summed E-state index contributed by atoms with van der Waals surface area (Å²) in [6.45, 7) is 0. The van der Waals surface area contributed by atoms with Gasteiger partial charge in [-0.15, -0.1) is 0 Å². The highest BCUT2D eigenvalue weighted by Gasteiger charge is 2.19. The van der Waals surface area contributed by atoms with Crippen LogP contribution in [-0.2, 0) is 0 Å². The molecule has 1 saturated carbocycles. The lowest BCUT2D eigenvalue weighted by atomic mass is 10.2. The number of benzene rings is 1. The summed E-state index contributed by atoms with van der Waals surface area (Å²) in [7, 11) is 0. The Morgan fingerprint density at radius 1 is 1.24 bits per heavy atom. The molecule has 1 aromatic heterocycles. The second kappa shape index (κ2) is 5.63. The molecule has 1 amide bonds. The van der Waals surface area contributed by atoms with E-state index in [0.29, 0.717) is 0 Å². The van der Waals surface area contributed by atoms with Crippen LogP contribution < -0.4 is 5.32 Å². The van der Waals surface area contributed by atoms with Gasteiger partial charge in [0.25, 0.3) is 5.91 Å². The normalized spacial score (nSPS) is 15.3. The molecule has 1 fully saturated rings. The van der Waals surface area contributed by atoms with E-state index >= 15 is 0 Å². The van der Waals surface area contributed by atoms with Gasteiger partial charge < -0.3 is 5.32 Å². The molecular weight excluding hydrogens is 276 g/mol. The molecule has 1 heterocycles. The zero-order valence-electron chi connectivity index (χ0n) is 11.4. The van der Waals surface area contributed by atoms with Crippen LogP contribution in [-0.4, -0.2) is 21.7 Å². The van der Waals surface area contributed by atoms with Crippen molar-refractivity contribution in [2.75, 3.05) is 0 Å². The van der Waals surface area contributed by atoms with Crippen LogP contribution >= 0.6 is 0 Å². The number of nitrogens with zero attached hydrogens (tertiary/aromatic N) is 2. The van der Waals surface area contributed by atoms with Gasteiger partial charge in [0.2, 0.25) is 0 Å². The minimum atomic E-state index is -0.721. The van der Waals surface area contributed by atoms with Gasteiger partial charge in [0.15, 0.2) is 11.5 Å². The Balaban J connectivity index is 1.77. The van der Waals surface area contributed by atoms with Crippen LogP contribution in [0.25, 0.3) is 5.69 Å². The van der Waals surface area contributed by atoms with E-state index in [2.05, 4.69) is 10.4 Å². The lowest BCUT2D eigenvalue weighted by molar-refractivity contribution is 0.0932. The van der Waals surface area contributed by atoms with Crippen LogP contribution in [0.4, 0.5) is 8.78 Å². The monoisotopic (exact) mass is 291 g/mol. The lowest BCUT2D eigenvalue weighted by Gasteiger charge is -2.10. The highest BCUT2D eigenvalue weighted by Crippen LogP contribution is 2.18. The molecule has 3 rings (SSSR count). The molecule has 1 aliphatic rings. The number of carbonyl (C=O) groups is 1. The molecule has 4 nitrogen and oxygen atoms in total. The van der Waals surface area contributed by atoms with E-state index in [4.69, 9.17) is 0 Å². The molecule has 0 aliphatic heterocycles. The Labute approximate surface area is 120 Å². The van der Waals surface area contributed by atoms with E-state index in [1.807, 2.05) is 0 Å². The Hall–Kier alpha value is -2.24. The third kappa shape index (κ3) is 2.94. The number of rotatable bonds is 3. The second-order valence-electron chi connectivity index (χ2n) is 5.20. The number of amides is 1.